The summed E-state index contributed by atoms with van der Waals surface area (Å²) in [5.74, 6) is -1.68. The number of methoxy groups -OCH3 is 1. The second-order valence-corrected chi connectivity index (χ2v) is 11.4. The zero-order chi connectivity index (χ0) is 31.6. The van der Waals surface area contributed by atoms with Crippen molar-refractivity contribution in [3.8, 4) is 22.3 Å². The van der Waals surface area contributed by atoms with Gasteiger partial charge in [-0.05, 0) is 57.5 Å². The molecule has 4 aromatic carbocycles. The fourth-order valence-electron chi connectivity index (χ4n) is 5.87. The highest BCUT2D eigenvalue weighted by Gasteiger charge is 2.48. The van der Waals surface area contributed by atoms with Gasteiger partial charge in [0.2, 0.25) is 0 Å². The highest BCUT2D eigenvalue weighted by molar-refractivity contribution is 6.34. The van der Waals surface area contributed by atoms with Crippen molar-refractivity contribution in [3.05, 3.63) is 118 Å². The van der Waals surface area contributed by atoms with E-state index in [2.05, 4.69) is 22.8 Å². The van der Waals surface area contributed by atoms with Gasteiger partial charge < -0.3 is 24.8 Å². The van der Waals surface area contributed by atoms with E-state index in [9.17, 15) is 14.4 Å². The molecule has 1 fully saturated rings. The minimum absolute atomic E-state index is 0.00570. The molecular weight excluding hydrogens is 599 g/mol. The maximum absolute atomic E-state index is 15.1. The van der Waals surface area contributed by atoms with Gasteiger partial charge in [-0.25, -0.2) is 14.0 Å². The summed E-state index contributed by atoms with van der Waals surface area (Å²) >= 11 is 6.21. The van der Waals surface area contributed by atoms with E-state index < -0.39 is 29.3 Å². The van der Waals surface area contributed by atoms with Crippen LogP contribution < -0.4 is 10.6 Å². The maximum Gasteiger partial charge on any atom is 0.408 e. The van der Waals surface area contributed by atoms with Crippen LogP contribution in [0.3, 0.4) is 0 Å². The molecule has 1 saturated heterocycles. The van der Waals surface area contributed by atoms with Crippen LogP contribution >= 0.6 is 11.6 Å². The van der Waals surface area contributed by atoms with E-state index in [-0.39, 0.29) is 49.3 Å². The van der Waals surface area contributed by atoms with Gasteiger partial charge in [-0.1, -0.05) is 84.4 Å². The van der Waals surface area contributed by atoms with Crippen molar-refractivity contribution in [1.82, 2.24) is 10.6 Å². The number of nitrogens with one attached hydrogen (secondary N) is 2. The number of fused-ring (bicyclic) bond motifs is 3. The molecule has 45 heavy (non-hydrogen) atoms. The van der Waals surface area contributed by atoms with Crippen LogP contribution in [0.5, 0.6) is 0 Å². The first-order chi connectivity index (χ1) is 21.8. The number of hydrogen-bond acceptors (Lipinski definition) is 6. The lowest BCUT2D eigenvalue weighted by Gasteiger charge is -2.39. The standard InChI is InChI=1S/C35H30ClFN2O6/c1-43-32(40)31-23(11-6-12-29(31)36)22-14-13-21(30(37)17-22)15-16-38-33(41)35(19-44-20-35)39-34(42)45-18-28-26-9-4-2-7-24(26)25-8-3-5-10-27(25)28/h2-14,17,28H,15-16,18-20H2,1H3,(H,38,41)(H,39,42). The SMILES string of the molecule is COC(=O)c1c(Cl)cccc1-c1ccc(CCNC(=O)C2(NC(=O)OCC3c4ccccc4-c4ccccc43)COC2)c(F)c1. The molecule has 0 aromatic heterocycles. The molecule has 2 amide bonds. The van der Waals surface area contributed by atoms with E-state index in [1.807, 2.05) is 36.4 Å². The first-order valence-electron chi connectivity index (χ1n) is 14.5. The molecule has 2 N–H and O–H groups in total. The monoisotopic (exact) mass is 628 g/mol. The van der Waals surface area contributed by atoms with Crippen LogP contribution in [0.15, 0.2) is 84.9 Å². The lowest BCUT2D eigenvalue weighted by Crippen LogP contribution is -2.70. The van der Waals surface area contributed by atoms with Crippen LogP contribution in [-0.2, 0) is 25.4 Å². The van der Waals surface area contributed by atoms with Gasteiger partial charge in [-0.2, -0.15) is 0 Å². The zero-order valence-electron chi connectivity index (χ0n) is 24.4. The lowest BCUT2D eigenvalue weighted by molar-refractivity contribution is -0.147. The number of halogens is 2. The molecule has 10 heteroatoms. The largest absolute Gasteiger partial charge is 0.465 e. The maximum atomic E-state index is 15.1. The van der Waals surface area contributed by atoms with E-state index in [1.54, 1.807) is 30.3 Å². The van der Waals surface area contributed by atoms with Gasteiger partial charge in [0.25, 0.3) is 5.91 Å². The molecule has 0 atom stereocenters. The molecule has 8 nitrogen and oxygen atoms in total. The summed E-state index contributed by atoms with van der Waals surface area (Å²) in [4.78, 5) is 38.3. The van der Waals surface area contributed by atoms with E-state index >= 15 is 4.39 Å². The molecule has 0 saturated carbocycles. The Morgan fingerprint density at radius 1 is 0.933 bits per heavy atom. The third kappa shape index (κ3) is 5.89. The third-order valence-electron chi connectivity index (χ3n) is 8.26. The molecular formula is C35H30ClFN2O6. The van der Waals surface area contributed by atoms with E-state index in [0.717, 1.165) is 22.3 Å². The smallest absolute Gasteiger partial charge is 0.408 e. The summed E-state index contributed by atoms with van der Waals surface area (Å²) in [6, 6.07) is 25.5. The van der Waals surface area contributed by atoms with Crippen LogP contribution in [-0.4, -0.2) is 57.0 Å². The Balaban J connectivity index is 1.05. The molecule has 1 aliphatic carbocycles. The van der Waals surface area contributed by atoms with Gasteiger partial charge in [0.15, 0.2) is 5.54 Å². The Morgan fingerprint density at radius 2 is 1.60 bits per heavy atom. The van der Waals surface area contributed by atoms with Crippen molar-refractivity contribution in [3.63, 3.8) is 0 Å². The molecule has 1 heterocycles. The summed E-state index contributed by atoms with van der Waals surface area (Å²) < 4.78 is 30.8. The lowest BCUT2D eigenvalue weighted by atomic mass is 9.96. The van der Waals surface area contributed by atoms with E-state index in [0.29, 0.717) is 16.7 Å². The minimum atomic E-state index is -1.28. The summed E-state index contributed by atoms with van der Waals surface area (Å²) in [5.41, 5.74) is 4.55. The summed E-state index contributed by atoms with van der Waals surface area (Å²) in [6.07, 6.45) is -0.525. The normalized spacial score (nSPS) is 14.5. The Labute approximate surface area is 264 Å². The summed E-state index contributed by atoms with van der Waals surface area (Å²) in [7, 11) is 1.25. The molecule has 0 bridgehead atoms. The molecule has 230 valence electrons. The van der Waals surface area contributed by atoms with Gasteiger partial charge in [0.1, 0.15) is 12.4 Å². The van der Waals surface area contributed by atoms with Gasteiger partial charge in [-0.15, -0.1) is 0 Å². The zero-order valence-corrected chi connectivity index (χ0v) is 25.2. The van der Waals surface area contributed by atoms with Crippen LogP contribution in [0, 0.1) is 5.82 Å². The van der Waals surface area contributed by atoms with Crippen molar-refractivity contribution in [2.45, 2.75) is 17.9 Å². The number of ether oxygens (including phenoxy) is 3. The van der Waals surface area contributed by atoms with E-state index in [1.165, 1.54) is 13.2 Å². The number of amides is 2. The van der Waals surface area contributed by atoms with Gasteiger partial charge in [0.05, 0.1) is 30.9 Å². The summed E-state index contributed by atoms with van der Waals surface area (Å²) in [5, 5.41) is 5.67. The van der Waals surface area contributed by atoms with Crippen molar-refractivity contribution in [1.29, 1.82) is 0 Å². The Kier molecular flexibility index (Phi) is 8.56. The number of carbonyl (C=O) groups excluding carboxylic acids is 3. The van der Waals surface area contributed by atoms with Crippen LogP contribution in [0.4, 0.5) is 9.18 Å². The predicted molar refractivity (Wildman–Crippen MR) is 167 cm³/mol. The van der Waals surface area contributed by atoms with Gasteiger partial charge >= 0.3 is 12.1 Å². The molecule has 0 unspecified atom stereocenters. The molecule has 4 aromatic rings. The Bertz CT molecular complexity index is 1740. The van der Waals surface area contributed by atoms with Crippen LogP contribution in [0.2, 0.25) is 5.02 Å². The molecule has 1 aliphatic heterocycles. The number of rotatable bonds is 9. The van der Waals surface area contributed by atoms with Gasteiger partial charge in [0, 0.05) is 12.5 Å². The number of benzene rings is 4. The Hall–Kier alpha value is -4.73. The summed E-state index contributed by atoms with van der Waals surface area (Å²) in [6.45, 7) is 0.223. The second-order valence-electron chi connectivity index (χ2n) is 11.0. The first kappa shape index (κ1) is 30.3. The fraction of sp³-hybridized carbons (Fsp3) is 0.229. The Morgan fingerprint density at radius 3 is 2.22 bits per heavy atom. The van der Waals surface area contributed by atoms with Crippen molar-refractivity contribution in [2.24, 2.45) is 0 Å². The van der Waals surface area contributed by atoms with E-state index in [4.69, 9.17) is 25.8 Å². The minimum Gasteiger partial charge on any atom is -0.465 e. The molecule has 0 radical (unpaired) electrons. The molecule has 0 spiro atoms. The second kappa shape index (κ2) is 12.7. The fourth-order valence-corrected chi connectivity index (χ4v) is 6.12. The first-order valence-corrected chi connectivity index (χ1v) is 14.8. The van der Waals surface area contributed by atoms with Crippen molar-refractivity contribution >= 4 is 29.6 Å². The average Bonchev–Trinajstić information content (AvgIpc) is 3.35. The highest BCUT2D eigenvalue weighted by atomic mass is 35.5. The number of esters is 1. The van der Waals surface area contributed by atoms with Crippen LogP contribution in [0.1, 0.15) is 33.0 Å². The van der Waals surface area contributed by atoms with Crippen molar-refractivity contribution < 1.29 is 33.0 Å². The average molecular weight is 629 g/mol. The number of alkyl carbamates (subject to hydrolysis) is 1. The van der Waals surface area contributed by atoms with Gasteiger partial charge in [-0.3, -0.25) is 4.79 Å². The number of carbonyl (C=O) groups is 3. The molecule has 2 aliphatic rings. The molecule has 6 rings (SSSR count). The predicted octanol–water partition coefficient (Wildman–Crippen LogP) is 5.90. The number of hydrogen-bond donors (Lipinski definition) is 2. The van der Waals surface area contributed by atoms with Crippen molar-refractivity contribution in [2.75, 3.05) is 33.5 Å². The quantitative estimate of drug-likeness (QED) is 0.224. The third-order valence-corrected chi connectivity index (χ3v) is 8.58. The topological polar surface area (TPSA) is 103 Å². The highest BCUT2D eigenvalue weighted by Crippen LogP contribution is 2.44. The van der Waals surface area contributed by atoms with Crippen LogP contribution in [0.25, 0.3) is 22.3 Å².